The minimum atomic E-state index is -0.967. The number of hydrogen-bond acceptors (Lipinski definition) is 4. The average molecular weight is 473 g/mol. The number of fused-ring (bicyclic) bond motifs is 3. The number of carboxylic acid groups (broad SMARTS) is 1. The average Bonchev–Trinajstić information content (AvgIpc) is 3.16. The van der Waals surface area contributed by atoms with Crippen LogP contribution in [0.3, 0.4) is 0 Å². The van der Waals surface area contributed by atoms with Crippen molar-refractivity contribution in [2.45, 2.75) is 19.8 Å². The molecule has 0 saturated heterocycles. The van der Waals surface area contributed by atoms with Gasteiger partial charge >= 0.3 is 12.1 Å². The molecule has 0 aromatic heterocycles. The minimum absolute atomic E-state index is 0.00882. The second kappa shape index (κ2) is 10.4. The van der Waals surface area contributed by atoms with Crippen molar-refractivity contribution < 1.29 is 24.2 Å². The predicted molar refractivity (Wildman–Crippen MR) is 133 cm³/mol. The summed E-state index contributed by atoms with van der Waals surface area (Å²) in [5.74, 6) is -2.35. The summed E-state index contributed by atoms with van der Waals surface area (Å²) >= 11 is 0. The molecule has 2 amide bonds. The number of anilines is 1. The van der Waals surface area contributed by atoms with Gasteiger partial charge in [0.2, 0.25) is 0 Å². The first-order chi connectivity index (χ1) is 16.9. The van der Waals surface area contributed by atoms with Gasteiger partial charge in [0.05, 0.1) is 17.2 Å². The Bertz CT molecular complexity index is 1210. The zero-order chi connectivity index (χ0) is 24.9. The number of aliphatic carboxylic acids is 1. The van der Waals surface area contributed by atoms with Gasteiger partial charge in [-0.3, -0.25) is 14.9 Å². The van der Waals surface area contributed by atoms with E-state index in [1.165, 1.54) is 0 Å². The molecule has 1 atom stereocenters. The van der Waals surface area contributed by atoms with Crippen molar-refractivity contribution in [3.05, 3.63) is 89.5 Å². The minimum Gasteiger partial charge on any atom is -0.481 e. The number of carboxylic acids is 1. The zero-order valence-electron chi connectivity index (χ0n) is 19.7. The van der Waals surface area contributed by atoms with Gasteiger partial charge < -0.3 is 15.2 Å². The smallest absolute Gasteiger partial charge is 0.411 e. The molecule has 180 valence electrons. The summed E-state index contributed by atoms with van der Waals surface area (Å²) in [4.78, 5) is 36.8. The van der Waals surface area contributed by atoms with Crippen LogP contribution in [-0.4, -0.2) is 36.2 Å². The topological polar surface area (TPSA) is 105 Å². The third-order valence-corrected chi connectivity index (χ3v) is 6.36. The molecule has 0 spiro atoms. The number of amides is 2. The third-order valence-electron chi connectivity index (χ3n) is 6.36. The quantitative estimate of drug-likeness (QED) is 0.421. The molecule has 35 heavy (non-hydrogen) atoms. The highest BCUT2D eigenvalue weighted by atomic mass is 16.5. The van der Waals surface area contributed by atoms with E-state index in [9.17, 15) is 19.5 Å². The molecule has 0 radical (unpaired) electrons. The van der Waals surface area contributed by atoms with E-state index in [0.29, 0.717) is 5.69 Å². The van der Waals surface area contributed by atoms with Crippen LogP contribution < -0.4 is 10.6 Å². The Morgan fingerprint density at radius 2 is 1.46 bits per heavy atom. The Kier molecular flexibility index (Phi) is 7.15. The van der Waals surface area contributed by atoms with Gasteiger partial charge in [-0.1, -0.05) is 74.5 Å². The summed E-state index contributed by atoms with van der Waals surface area (Å²) in [6, 6.07) is 22.7. The second-order valence-electron chi connectivity index (χ2n) is 8.89. The lowest BCUT2D eigenvalue weighted by molar-refractivity contribution is -0.142. The first-order valence-electron chi connectivity index (χ1n) is 11.6. The van der Waals surface area contributed by atoms with Gasteiger partial charge in [0, 0.05) is 12.5 Å². The Morgan fingerprint density at radius 1 is 0.886 bits per heavy atom. The third kappa shape index (κ3) is 5.19. The number of benzene rings is 3. The van der Waals surface area contributed by atoms with Crippen molar-refractivity contribution in [1.82, 2.24) is 5.32 Å². The Morgan fingerprint density at radius 3 is 2.06 bits per heavy atom. The van der Waals surface area contributed by atoms with Crippen LogP contribution in [0.4, 0.5) is 10.5 Å². The second-order valence-corrected chi connectivity index (χ2v) is 8.89. The van der Waals surface area contributed by atoms with E-state index in [2.05, 4.69) is 22.8 Å². The van der Waals surface area contributed by atoms with Gasteiger partial charge in [0.25, 0.3) is 5.91 Å². The monoisotopic (exact) mass is 472 g/mol. The van der Waals surface area contributed by atoms with Gasteiger partial charge in [-0.15, -0.1) is 0 Å². The zero-order valence-corrected chi connectivity index (χ0v) is 19.7. The first kappa shape index (κ1) is 24.0. The molecule has 0 heterocycles. The van der Waals surface area contributed by atoms with E-state index >= 15 is 0 Å². The molecule has 7 heteroatoms. The summed E-state index contributed by atoms with van der Waals surface area (Å²) in [6.07, 6.45) is -0.669. The van der Waals surface area contributed by atoms with Crippen molar-refractivity contribution >= 4 is 23.7 Å². The van der Waals surface area contributed by atoms with Crippen LogP contribution in [0.2, 0.25) is 0 Å². The van der Waals surface area contributed by atoms with Crippen LogP contribution in [0.15, 0.2) is 72.8 Å². The van der Waals surface area contributed by atoms with E-state index in [1.54, 1.807) is 38.1 Å². The lowest BCUT2D eigenvalue weighted by Gasteiger charge is -2.18. The molecule has 1 aliphatic rings. The fourth-order valence-electron chi connectivity index (χ4n) is 4.44. The van der Waals surface area contributed by atoms with Crippen LogP contribution in [0, 0.1) is 11.8 Å². The fourth-order valence-corrected chi connectivity index (χ4v) is 4.44. The van der Waals surface area contributed by atoms with E-state index in [4.69, 9.17) is 4.74 Å². The van der Waals surface area contributed by atoms with E-state index in [0.717, 1.165) is 22.3 Å². The van der Waals surface area contributed by atoms with Crippen molar-refractivity contribution in [2.75, 3.05) is 18.5 Å². The highest BCUT2D eigenvalue weighted by Crippen LogP contribution is 2.44. The molecule has 3 aromatic rings. The Balaban J connectivity index is 1.42. The normalized spacial score (nSPS) is 13.0. The van der Waals surface area contributed by atoms with Crippen molar-refractivity contribution in [3.8, 4) is 11.1 Å². The number of carbonyl (C=O) groups excluding carboxylic acids is 2. The molecule has 0 bridgehead atoms. The highest BCUT2D eigenvalue weighted by molar-refractivity contribution is 6.02. The van der Waals surface area contributed by atoms with Gasteiger partial charge in [-0.2, -0.15) is 0 Å². The summed E-state index contributed by atoms with van der Waals surface area (Å²) in [7, 11) is 0. The molecular formula is C28H28N2O5. The van der Waals surface area contributed by atoms with E-state index < -0.39 is 23.9 Å². The molecular weight excluding hydrogens is 444 g/mol. The van der Waals surface area contributed by atoms with Crippen LogP contribution in [0.5, 0.6) is 0 Å². The van der Waals surface area contributed by atoms with E-state index in [-0.39, 0.29) is 30.6 Å². The highest BCUT2D eigenvalue weighted by Gasteiger charge is 2.29. The molecule has 0 saturated carbocycles. The van der Waals surface area contributed by atoms with Gasteiger partial charge in [0.15, 0.2) is 0 Å². The maximum atomic E-state index is 12.7. The number of carbonyl (C=O) groups is 3. The lowest BCUT2D eigenvalue weighted by Crippen LogP contribution is -2.36. The molecule has 4 rings (SSSR count). The maximum absolute atomic E-state index is 12.7. The van der Waals surface area contributed by atoms with Crippen LogP contribution in [0.1, 0.15) is 41.3 Å². The van der Waals surface area contributed by atoms with Crippen LogP contribution >= 0.6 is 0 Å². The van der Waals surface area contributed by atoms with Gasteiger partial charge in [-0.25, -0.2) is 4.79 Å². The fraction of sp³-hybridized carbons (Fsp3) is 0.250. The van der Waals surface area contributed by atoms with Gasteiger partial charge in [0.1, 0.15) is 6.61 Å². The Labute approximate surface area is 204 Å². The number of ether oxygens (including phenoxy) is 1. The molecule has 0 fully saturated rings. The summed E-state index contributed by atoms with van der Waals surface area (Å²) < 4.78 is 5.58. The maximum Gasteiger partial charge on any atom is 0.411 e. The van der Waals surface area contributed by atoms with Crippen LogP contribution in [0.25, 0.3) is 11.1 Å². The lowest BCUT2D eigenvalue weighted by atomic mass is 9.96. The molecule has 0 aliphatic heterocycles. The number of hydrogen-bond donors (Lipinski definition) is 3. The predicted octanol–water partition coefficient (Wildman–Crippen LogP) is 5.13. The standard InChI is InChI=1S/C28H28N2O5/c1-17(2)23(27(32)33)15-29-26(31)22-13-7-8-14-25(22)30-28(34)35-16-24-20-11-5-3-9-18(20)19-10-4-6-12-21(19)24/h3-14,17,23-24H,15-16H2,1-2H3,(H,29,31)(H,30,34)(H,32,33). The largest absolute Gasteiger partial charge is 0.481 e. The number of nitrogens with one attached hydrogen (secondary N) is 2. The SMILES string of the molecule is CC(C)C(CNC(=O)c1ccccc1NC(=O)OCC1c2ccccc2-c2ccccc21)C(=O)O. The van der Waals surface area contributed by atoms with Crippen LogP contribution in [-0.2, 0) is 9.53 Å². The molecule has 1 aliphatic carbocycles. The number of rotatable bonds is 8. The van der Waals surface area contributed by atoms with Crippen molar-refractivity contribution in [2.24, 2.45) is 11.8 Å². The van der Waals surface area contributed by atoms with Gasteiger partial charge in [-0.05, 0) is 40.3 Å². The van der Waals surface area contributed by atoms with Crippen molar-refractivity contribution in [1.29, 1.82) is 0 Å². The summed E-state index contributed by atoms with van der Waals surface area (Å²) in [5, 5.41) is 14.7. The first-order valence-corrected chi connectivity index (χ1v) is 11.6. The molecule has 7 nitrogen and oxygen atoms in total. The molecule has 3 N–H and O–H groups in total. The number of para-hydroxylation sites is 1. The van der Waals surface area contributed by atoms with E-state index in [1.807, 2.05) is 36.4 Å². The Hall–Kier alpha value is -4.13. The summed E-state index contributed by atoms with van der Waals surface area (Å²) in [6.45, 7) is 3.73. The van der Waals surface area contributed by atoms with Crippen molar-refractivity contribution in [3.63, 3.8) is 0 Å². The molecule has 3 aromatic carbocycles. The summed E-state index contributed by atoms with van der Waals surface area (Å²) in [5.41, 5.74) is 5.02. The molecule has 1 unspecified atom stereocenters.